The van der Waals surface area contributed by atoms with Gasteiger partial charge in [-0.15, -0.1) is 11.3 Å². The van der Waals surface area contributed by atoms with E-state index in [9.17, 15) is 0 Å². The summed E-state index contributed by atoms with van der Waals surface area (Å²) in [5.74, 6) is 1.94. The maximum Gasteiger partial charge on any atom is 0.141 e. The van der Waals surface area contributed by atoms with Crippen molar-refractivity contribution in [2.24, 2.45) is 0 Å². The van der Waals surface area contributed by atoms with Crippen molar-refractivity contribution >= 4 is 27.4 Å². The first-order valence-electron chi connectivity index (χ1n) is 7.60. The molecule has 5 heteroatoms. The predicted octanol–water partition coefficient (Wildman–Crippen LogP) is 3.08. The number of benzene rings is 1. The summed E-state index contributed by atoms with van der Waals surface area (Å²) >= 11 is 1.75. The van der Waals surface area contributed by atoms with Gasteiger partial charge < -0.3 is 10.2 Å². The molecular weight excluding hydrogens is 292 g/mol. The number of piperazine rings is 1. The maximum absolute atomic E-state index is 4.73. The Morgan fingerprint density at radius 3 is 2.64 bits per heavy atom. The molecule has 1 aliphatic heterocycles. The Morgan fingerprint density at radius 2 is 1.86 bits per heavy atom. The third-order valence-corrected chi connectivity index (χ3v) is 5.04. The largest absolute Gasteiger partial charge is 0.353 e. The number of hydrogen-bond acceptors (Lipinski definition) is 5. The molecule has 0 atom stereocenters. The first kappa shape index (κ1) is 13.7. The minimum Gasteiger partial charge on any atom is -0.353 e. The second kappa shape index (κ2) is 5.66. The van der Waals surface area contributed by atoms with E-state index in [-0.39, 0.29) is 0 Å². The van der Waals surface area contributed by atoms with Crippen molar-refractivity contribution in [3.8, 4) is 10.4 Å². The van der Waals surface area contributed by atoms with Crippen LogP contribution in [0.3, 0.4) is 0 Å². The standard InChI is InChI=1S/C17H18N4S/c1-12-19-16(21-9-7-18-8-10-21)14-11-15(22-17(14)20-12)13-5-3-2-4-6-13/h2-6,11,18H,7-10H2,1H3. The second-order valence-corrected chi connectivity index (χ2v) is 6.56. The lowest BCUT2D eigenvalue weighted by Gasteiger charge is -2.28. The van der Waals surface area contributed by atoms with Crippen molar-refractivity contribution in [3.05, 3.63) is 42.2 Å². The Labute approximate surface area is 133 Å². The summed E-state index contributed by atoms with van der Waals surface area (Å²) in [6, 6.07) is 12.7. The van der Waals surface area contributed by atoms with E-state index in [1.165, 1.54) is 15.8 Å². The molecule has 0 saturated carbocycles. The molecule has 2 aromatic heterocycles. The van der Waals surface area contributed by atoms with Gasteiger partial charge >= 0.3 is 0 Å². The third kappa shape index (κ3) is 2.46. The zero-order chi connectivity index (χ0) is 14.9. The normalized spacial score (nSPS) is 15.4. The molecule has 1 aromatic carbocycles. The fraction of sp³-hybridized carbons (Fsp3) is 0.294. The number of nitrogens with zero attached hydrogens (tertiary/aromatic N) is 3. The highest BCUT2D eigenvalue weighted by Crippen LogP contribution is 2.36. The summed E-state index contributed by atoms with van der Waals surface area (Å²) in [5, 5.41) is 4.57. The molecule has 0 amide bonds. The molecule has 4 nitrogen and oxygen atoms in total. The summed E-state index contributed by atoms with van der Waals surface area (Å²) in [6.07, 6.45) is 0. The number of fused-ring (bicyclic) bond motifs is 1. The highest BCUT2D eigenvalue weighted by Gasteiger charge is 2.18. The SMILES string of the molecule is Cc1nc(N2CCNCC2)c2cc(-c3ccccc3)sc2n1. The summed E-state index contributed by atoms with van der Waals surface area (Å²) in [4.78, 5) is 14.1. The van der Waals surface area contributed by atoms with E-state index in [1.807, 2.05) is 13.0 Å². The second-order valence-electron chi connectivity index (χ2n) is 5.53. The topological polar surface area (TPSA) is 41.1 Å². The van der Waals surface area contributed by atoms with E-state index >= 15 is 0 Å². The summed E-state index contributed by atoms with van der Waals surface area (Å²) in [6.45, 7) is 6.01. The van der Waals surface area contributed by atoms with Gasteiger partial charge in [-0.05, 0) is 18.6 Å². The Hall–Kier alpha value is -1.98. The minimum absolute atomic E-state index is 0.850. The third-order valence-electron chi connectivity index (χ3n) is 3.96. The van der Waals surface area contributed by atoms with E-state index in [1.54, 1.807) is 11.3 Å². The Balaban J connectivity index is 1.84. The van der Waals surface area contributed by atoms with Crippen molar-refractivity contribution in [3.63, 3.8) is 0 Å². The van der Waals surface area contributed by atoms with Crippen molar-refractivity contribution in [1.29, 1.82) is 0 Å². The molecule has 1 N–H and O–H groups in total. The molecule has 3 heterocycles. The van der Waals surface area contributed by atoms with Gasteiger partial charge in [0.05, 0.1) is 5.39 Å². The van der Waals surface area contributed by atoms with Gasteiger partial charge in [-0.3, -0.25) is 0 Å². The van der Waals surface area contributed by atoms with Gasteiger partial charge in [0.15, 0.2) is 0 Å². The smallest absolute Gasteiger partial charge is 0.141 e. The van der Waals surface area contributed by atoms with Crippen molar-refractivity contribution in [1.82, 2.24) is 15.3 Å². The van der Waals surface area contributed by atoms with Crippen LogP contribution in [0.2, 0.25) is 0 Å². The summed E-state index contributed by atoms with van der Waals surface area (Å²) in [7, 11) is 0. The highest BCUT2D eigenvalue weighted by molar-refractivity contribution is 7.21. The molecule has 3 aromatic rings. The Morgan fingerprint density at radius 1 is 1.09 bits per heavy atom. The quantitative estimate of drug-likeness (QED) is 0.790. The molecule has 0 bridgehead atoms. The molecule has 1 aliphatic rings. The zero-order valence-electron chi connectivity index (χ0n) is 12.5. The van der Waals surface area contributed by atoms with Crippen LogP contribution < -0.4 is 10.2 Å². The van der Waals surface area contributed by atoms with Crippen LogP contribution in [-0.4, -0.2) is 36.1 Å². The lowest BCUT2D eigenvalue weighted by atomic mass is 10.2. The lowest BCUT2D eigenvalue weighted by Crippen LogP contribution is -2.44. The van der Waals surface area contributed by atoms with Crippen molar-refractivity contribution in [2.45, 2.75) is 6.92 Å². The highest BCUT2D eigenvalue weighted by atomic mass is 32.1. The number of aryl methyl sites for hydroxylation is 1. The molecular formula is C17H18N4S. The number of rotatable bonds is 2. The van der Waals surface area contributed by atoms with Crippen LogP contribution in [0, 0.1) is 6.92 Å². The summed E-state index contributed by atoms with van der Waals surface area (Å²) < 4.78 is 0. The van der Waals surface area contributed by atoms with Crippen LogP contribution in [-0.2, 0) is 0 Å². The van der Waals surface area contributed by atoms with Gasteiger partial charge in [0.25, 0.3) is 0 Å². The van der Waals surface area contributed by atoms with Gasteiger partial charge in [-0.2, -0.15) is 0 Å². The summed E-state index contributed by atoms with van der Waals surface area (Å²) in [5.41, 5.74) is 1.24. The molecule has 1 fully saturated rings. The zero-order valence-corrected chi connectivity index (χ0v) is 13.4. The van der Waals surface area contributed by atoms with E-state index in [0.717, 1.165) is 42.7 Å². The van der Waals surface area contributed by atoms with Gasteiger partial charge in [-0.1, -0.05) is 30.3 Å². The lowest BCUT2D eigenvalue weighted by molar-refractivity contribution is 0.585. The number of hydrogen-bond donors (Lipinski definition) is 1. The van der Waals surface area contributed by atoms with Gasteiger partial charge in [0.1, 0.15) is 16.5 Å². The van der Waals surface area contributed by atoms with Gasteiger partial charge in [-0.25, -0.2) is 9.97 Å². The van der Waals surface area contributed by atoms with Crippen LogP contribution in [0.4, 0.5) is 5.82 Å². The molecule has 112 valence electrons. The first-order chi connectivity index (χ1) is 10.8. The van der Waals surface area contributed by atoms with Crippen LogP contribution in [0.5, 0.6) is 0 Å². The van der Waals surface area contributed by atoms with Gasteiger partial charge in [0.2, 0.25) is 0 Å². The monoisotopic (exact) mass is 310 g/mol. The van der Waals surface area contributed by atoms with Crippen LogP contribution in [0.25, 0.3) is 20.7 Å². The molecule has 0 unspecified atom stereocenters. The van der Waals surface area contributed by atoms with Crippen LogP contribution >= 0.6 is 11.3 Å². The number of thiophene rings is 1. The fourth-order valence-corrected chi connectivity index (χ4v) is 3.95. The molecule has 22 heavy (non-hydrogen) atoms. The van der Waals surface area contributed by atoms with Gasteiger partial charge in [0, 0.05) is 31.1 Å². The first-order valence-corrected chi connectivity index (χ1v) is 8.42. The predicted molar refractivity (Wildman–Crippen MR) is 92.7 cm³/mol. The number of aromatic nitrogens is 2. The average molecular weight is 310 g/mol. The molecule has 0 radical (unpaired) electrons. The fourth-order valence-electron chi connectivity index (χ4n) is 2.87. The molecule has 1 saturated heterocycles. The number of anilines is 1. The molecule has 4 rings (SSSR count). The van der Waals surface area contributed by atoms with E-state index < -0.39 is 0 Å². The van der Waals surface area contributed by atoms with E-state index in [4.69, 9.17) is 4.98 Å². The van der Waals surface area contributed by atoms with Crippen LogP contribution in [0.15, 0.2) is 36.4 Å². The van der Waals surface area contributed by atoms with E-state index in [2.05, 4.69) is 45.5 Å². The minimum atomic E-state index is 0.850. The molecule has 0 spiro atoms. The average Bonchev–Trinajstić information content (AvgIpc) is 2.99. The van der Waals surface area contributed by atoms with Crippen LogP contribution in [0.1, 0.15) is 5.82 Å². The Kier molecular flexibility index (Phi) is 3.52. The van der Waals surface area contributed by atoms with Crippen molar-refractivity contribution in [2.75, 3.05) is 31.1 Å². The van der Waals surface area contributed by atoms with Crippen molar-refractivity contribution < 1.29 is 0 Å². The molecule has 0 aliphatic carbocycles. The Bertz CT molecular complexity index is 791. The van der Waals surface area contributed by atoms with E-state index in [0.29, 0.717) is 0 Å². The maximum atomic E-state index is 4.73. The number of nitrogens with one attached hydrogen (secondary N) is 1.